The van der Waals surface area contributed by atoms with Gasteiger partial charge in [-0.2, -0.15) is 0 Å². The van der Waals surface area contributed by atoms with E-state index in [1.54, 1.807) is 6.07 Å². The highest BCUT2D eigenvalue weighted by atomic mass is 16.1. The summed E-state index contributed by atoms with van der Waals surface area (Å²) in [5, 5.41) is 6.10. The second-order valence-electron chi connectivity index (χ2n) is 6.41. The monoisotopic (exact) mass is 346 g/mol. The second kappa shape index (κ2) is 7.35. The third kappa shape index (κ3) is 4.06. The van der Waals surface area contributed by atoms with Crippen molar-refractivity contribution in [1.29, 1.82) is 0 Å². The van der Waals surface area contributed by atoms with Crippen molar-refractivity contribution < 1.29 is 4.79 Å². The predicted octanol–water partition coefficient (Wildman–Crippen LogP) is 4.71. The number of aromatic nitrogens is 2. The molecule has 0 aliphatic rings. The Hall–Kier alpha value is -3.21. The Bertz CT molecular complexity index is 966. The zero-order valence-electron chi connectivity index (χ0n) is 15.4. The van der Waals surface area contributed by atoms with E-state index in [0.29, 0.717) is 11.6 Å². The Balaban J connectivity index is 1.85. The van der Waals surface area contributed by atoms with Crippen LogP contribution in [0.4, 0.5) is 17.3 Å². The molecule has 5 nitrogen and oxygen atoms in total. The van der Waals surface area contributed by atoms with Crippen molar-refractivity contribution in [3.8, 4) is 0 Å². The maximum atomic E-state index is 12.6. The molecule has 1 aromatic heterocycles. The van der Waals surface area contributed by atoms with Crippen LogP contribution >= 0.6 is 0 Å². The molecule has 2 aromatic carbocycles. The SMILES string of the molecule is Cc1cccc(NC(=O)c2cc(C)nc(Nc3cccc(C)c3C)n2)c1. The van der Waals surface area contributed by atoms with Gasteiger partial charge < -0.3 is 10.6 Å². The van der Waals surface area contributed by atoms with E-state index in [9.17, 15) is 4.79 Å². The van der Waals surface area contributed by atoms with Gasteiger partial charge in [-0.25, -0.2) is 9.97 Å². The summed E-state index contributed by atoms with van der Waals surface area (Å²) in [4.78, 5) is 21.4. The highest BCUT2D eigenvalue weighted by molar-refractivity contribution is 6.03. The maximum Gasteiger partial charge on any atom is 0.274 e. The van der Waals surface area contributed by atoms with Crippen LogP contribution in [0.2, 0.25) is 0 Å². The number of amides is 1. The number of nitrogens with one attached hydrogen (secondary N) is 2. The summed E-state index contributed by atoms with van der Waals surface area (Å²) in [6, 6.07) is 15.3. The highest BCUT2D eigenvalue weighted by Gasteiger charge is 2.12. The van der Waals surface area contributed by atoms with Crippen LogP contribution in [0, 0.1) is 27.7 Å². The molecule has 5 heteroatoms. The van der Waals surface area contributed by atoms with E-state index < -0.39 is 0 Å². The molecule has 0 radical (unpaired) electrons. The molecule has 26 heavy (non-hydrogen) atoms. The van der Waals surface area contributed by atoms with Gasteiger partial charge in [0.25, 0.3) is 5.91 Å². The van der Waals surface area contributed by atoms with Gasteiger partial charge >= 0.3 is 0 Å². The fourth-order valence-corrected chi connectivity index (χ4v) is 2.67. The molecular formula is C21H22N4O. The fraction of sp³-hybridized carbons (Fsp3) is 0.190. The van der Waals surface area contributed by atoms with Crippen LogP contribution < -0.4 is 10.6 Å². The van der Waals surface area contributed by atoms with Crippen molar-refractivity contribution >= 4 is 23.2 Å². The molecule has 0 unspecified atom stereocenters. The average molecular weight is 346 g/mol. The van der Waals surface area contributed by atoms with Crippen LogP contribution in [-0.4, -0.2) is 15.9 Å². The molecule has 0 aliphatic heterocycles. The molecule has 0 atom stereocenters. The summed E-state index contributed by atoms with van der Waals surface area (Å²) in [5.41, 5.74) is 6.12. The highest BCUT2D eigenvalue weighted by Crippen LogP contribution is 2.21. The molecule has 0 fully saturated rings. The summed E-state index contributed by atoms with van der Waals surface area (Å²) < 4.78 is 0. The van der Waals surface area contributed by atoms with E-state index in [1.807, 2.05) is 57.2 Å². The van der Waals surface area contributed by atoms with Crippen molar-refractivity contribution in [2.45, 2.75) is 27.7 Å². The van der Waals surface area contributed by atoms with E-state index in [4.69, 9.17) is 0 Å². The largest absolute Gasteiger partial charge is 0.324 e. The molecule has 0 aliphatic carbocycles. The number of hydrogen-bond donors (Lipinski definition) is 2. The molecule has 1 heterocycles. The first-order chi connectivity index (χ1) is 12.4. The van der Waals surface area contributed by atoms with Crippen LogP contribution in [0.15, 0.2) is 48.5 Å². The average Bonchev–Trinajstić information content (AvgIpc) is 2.58. The summed E-state index contributed by atoms with van der Waals surface area (Å²) in [6.07, 6.45) is 0. The quantitative estimate of drug-likeness (QED) is 0.718. The Morgan fingerprint density at radius 3 is 2.46 bits per heavy atom. The summed E-state index contributed by atoms with van der Waals surface area (Å²) in [6.45, 7) is 7.92. The van der Waals surface area contributed by atoms with Crippen molar-refractivity contribution in [2.24, 2.45) is 0 Å². The zero-order chi connectivity index (χ0) is 18.7. The Morgan fingerprint density at radius 1 is 0.923 bits per heavy atom. The molecule has 1 amide bonds. The van der Waals surface area contributed by atoms with Crippen LogP contribution in [0.1, 0.15) is 32.9 Å². The fourth-order valence-electron chi connectivity index (χ4n) is 2.67. The summed E-state index contributed by atoms with van der Waals surface area (Å²) in [7, 11) is 0. The van der Waals surface area contributed by atoms with Crippen LogP contribution in [0.25, 0.3) is 0 Å². The first-order valence-corrected chi connectivity index (χ1v) is 8.49. The number of carbonyl (C=O) groups excluding carboxylic acids is 1. The maximum absolute atomic E-state index is 12.6. The number of nitrogens with zero attached hydrogens (tertiary/aromatic N) is 2. The van der Waals surface area contributed by atoms with Gasteiger partial charge in [0.15, 0.2) is 0 Å². The van der Waals surface area contributed by atoms with Crippen LogP contribution in [0.5, 0.6) is 0 Å². The summed E-state index contributed by atoms with van der Waals surface area (Å²) >= 11 is 0. The van der Waals surface area contributed by atoms with Crippen molar-refractivity contribution in [1.82, 2.24) is 9.97 Å². The number of aryl methyl sites for hydroxylation is 3. The van der Waals surface area contributed by atoms with Gasteiger partial charge in [-0.1, -0.05) is 24.3 Å². The van der Waals surface area contributed by atoms with Gasteiger partial charge in [-0.05, 0) is 68.7 Å². The number of hydrogen-bond acceptors (Lipinski definition) is 4. The number of benzene rings is 2. The minimum atomic E-state index is -0.259. The van der Waals surface area contributed by atoms with Crippen LogP contribution in [-0.2, 0) is 0 Å². The molecule has 0 saturated heterocycles. The number of anilines is 3. The normalized spacial score (nSPS) is 10.5. The Morgan fingerprint density at radius 2 is 1.69 bits per heavy atom. The zero-order valence-corrected chi connectivity index (χ0v) is 15.4. The van der Waals surface area contributed by atoms with Crippen LogP contribution in [0.3, 0.4) is 0 Å². The topological polar surface area (TPSA) is 66.9 Å². The first-order valence-electron chi connectivity index (χ1n) is 8.49. The third-order valence-corrected chi connectivity index (χ3v) is 4.21. The van der Waals surface area contributed by atoms with Gasteiger partial charge in [0.2, 0.25) is 5.95 Å². The molecule has 132 valence electrons. The molecule has 0 bridgehead atoms. The van der Waals surface area contributed by atoms with E-state index in [2.05, 4.69) is 33.6 Å². The van der Waals surface area contributed by atoms with Gasteiger partial charge in [-0.15, -0.1) is 0 Å². The number of rotatable bonds is 4. The van der Waals surface area contributed by atoms with E-state index in [0.717, 1.165) is 28.2 Å². The van der Waals surface area contributed by atoms with E-state index >= 15 is 0 Å². The van der Waals surface area contributed by atoms with Crippen molar-refractivity contribution in [3.05, 3.63) is 76.6 Å². The Labute approximate surface area is 153 Å². The minimum absolute atomic E-state index is 0.259. The van der Waals surface area contributed by atoms with E-state index in [1.165, 1.54) is 5.56 Å². The van der Waals surface area contributed by atoms with Gasteiger partial charge in [0, 0.05) is 17.1 Å². The standard InChI is InChI=1S/C21H22N4O/c1-13-7-5-9-17(11-13)23-20(26)19-12-15(3)22-21(25-19)24-18-10-6-8-14(2)16(18)4/h5-12H,1-4H3,(H,23,26)(H,22,24,25). The summed E-state index contributed by atoms with van der Waals surface area (Å²) in [5.74, 6) is 0.151. The molecule has 0 saturated carbocycles. The van der Waals surface area contributed by atoms with Gasteiger partial charge in [0.1, 0.15) is 5.69 Å². The molecular weight excluding hydrogens is 324 g/mol. The minimum Gasteiger partial charge on any atom is -0.324 e. The van der Waals surface area contributed by atoms with Crippen molar-refractivity contribution in [2.75, 3.05) is 10.6 Å². The lowest BCUT2D eigenvalue weighted by molar-refractivity contribution is 0.102. The van der Waals surface area contributed by atoms with Crippen molar-refractivity contribution in [3.63, 3.8) is 0 Å². The molecule has 3 rings (SSSR count). The lowest BCUT2D eigenvalue weighted by atomic mass is 10.1. The molecule has 2 N–H and O–H groups in total. The third-order valence-electron chi connectivity index (χ3n) is 4.21. The Kier molecular flexibility index (Phi) is 4.98. The van der Waals surface area contributed by atoms with Gasteiger partial charge in [0.05, 0.1) is 0 Å². The first kappa shape index (κ1) is 17.6. The molecule has 0 spiro atoms. The smallest absolute Gasteiger partial charge is 0.274 e. The van der Waals surface area contributed by atoms with E-state index in [-0.39, 0.29) is 5.91 Å². The number of carbonyl (C=O) groups is 1. The lowest BCUT2D eigenvalue weighted by Gasteiger charge is -2.12. The molecule has 3 aromatic rings. The predicted molar refractivity (Wildman–Crippen MR) is 105 cm³/mol. The lowest BCUT2D eigenvalue weighted by Crippen LogP contribution is -2.15. The van der Waals surface area contributed by atoms with Gasteiger partial charge in [-0.3, -0.25) is 4.79 Å². The second-order valence-corrected chi connectivity index (χ2v) is 6.41.